The average molecular weight is 323 g/mol. The zero-order valence-electron chi connectivity index (χ0n) is 10.3. The van der Waals surface area contributed by atoms with Gasteiger partial charge >= 0.3 is 0 Å². The zero-order valence-corrected chi connectivity index (χ0v) is 11.9. The second-order valence-electron chi connectivity index (χ2n) is 4.07. The van der Waals surface area contributed by atoms with Gasteiger partial charge in [-0.1, -0.05) is 28.1 Å². The van der Waals surface area contributed by atoms with Crippen LogP contribution in [0.3, 0.4) is 0 Å². The van der Waals surface area contributed by atoms with E-state index in [4.69, 9.17) is 4.74 Å². The van der Waals surface area contributed by atoms with Crippen molar-refractivity contribution in [2.45, 2.75) is 6.42 Å². The van der Waals surface area contributed by atoms with Gasteiger partial charge < -0.3 is 4.74 Å². The van der Waals surface area contributed by atoms with Crippen molar-refractivity contribution in [3.63, 3.8) is 0 Å². The highest BCUT2D eigenvalue weighted by Crippen LogP contribution is 2.18. The van der Waals surface area contributed by atoms with Crippen LogP contribution in [0.25, 0.3) is 0 Å². The third-order valence-electron chi connectivity index (χ3n) is 2.75. The van der Waals surface area contributed by atoms with E-state index < -0.39 is 5.82 Å². The molecule has 0 saturated heterocycles. The van der Waals surface area contributed by atoms with Crippen LogP contribution in [-0.4, -0.2) is 12.9 Å². The lowest BCUT2D eigenvalue weighted by Crippen LogP contribution is -2.06. The molecule has 2 aromatic carbocycles. The Balaban J connectivity index is 2.18. The molecule has 4 heteroatoms. The molecule has 0 radical (unpaired) electrons. The molecule has 19 heavy (non-hydrogen) atoms. The molecule has 2 nitrogen and oxygen atoms in total. The van der Waals surface area contributed by atoms with E-state index in [2.05, 4.69) is 15.9 Å². The number of halogens is 2. The van der Waals surface area contributed by atoms with E-state index in [1.165, 1.54) is 12.1 Å². The zero-order chi connectivity index (χ0) is 13.8. The van der Waals surface area contributed by atoms with Crippen molar-refractivity contribution in [2.24, 2.45) is 0 Å². The highest BCUT2D eigenvalue weighted by Gasteiger charge is 2.12. The molecule has 0 aliphatic carbocycles. The van der Waals surface area contributed by atoms with Crippen LogP contribution in [0.4, 0.5) is 4.39 Å². The minimum Gasteiger partial charge on any atom is -0.497 e. The van der Waals surface area contributed by atoms with Crippen LogP contribution < -0.4 is 4.74 Å². The molecular formula is C15H12BrFO2. The van der Waals surface area contributed by atoms with Gasteiger partial charge in [-0.15, -0.1) is 0 Å². The lowest BCUT2D eigenvalue weighted by Gasteiger charge is -2.05. The molecular weight excluding hydrogens is 311 g/mol. The van der Waals surface area contributed by atoms with Gasteiger partial charge in [-0.3, -0.25) is 4.79 Å². The van der Waals surface area contributed by atoms with Gasteiger partial charge in [0.25, 0.3) is 0 Å². The molecule has 0 N–H and O–H groups in total. The van der Waals surface area contributed by atoms with Gasteiger partial charge in [0.2, 0.25) is 0 Å². The molecule has 0 bridgehead atoms. The number of ether oxygens (including phenoxy) is 1. The number of benzene rings is 2. The van der Waals surface area contributed by atoms with E-state index >= 15 is 0 Å². The van der Waals surface area contributed by atoms with Crippen molar-refractivity contribution in [1.29, 1.82) is 0 Å². The highest BCUT2D eigenvalue weighted by atomic mass is 79.9. The van der Waals surface area contributed by atoms with Gasteiger partial charge in [-0.25, -0.2) is 4.39 Å². The Labute approximate surface area is 119 Å². The molecule has 0 aromatic heterocycles. The van der Waals surface area contributed by atoms with E-state index in [1.807, 2.05) is 0 Å². The number of hydrogen-bond donors (Lipinski definition) is 0. The van der Waals surface area contributed by atoms with Crippen LogP contribution in [0.15, 0.2) is 46.9 Å². The first-order chi connectivity index (χ1) is 9.10. The summed E-state index contributed by atoms with van der Waals surface area (Å²) in [7, 11) is 1.58. The fourth-order valence-corrected chi connectivity index (χ4v) is 2.10. The number of carbonyl (C=O) groups is 1. The minimum atomic E-state index is -0.498. The Kier molecular flexibility index (Phi) is 4.32. The summed E-state index contributed by atoms with van der Waals surface area (Å²) in [4.78, 5) is 12.0. The summed E-state index contributed by atoms with van der Waals surface area (Å²) in [6, 6.07) is 11.5. The molecule has 0 fully saturated rings. The first-order valence-electron chi connectivity index (χ1n) is 5.71. The lowest BCUT2D eigenvalue weighted by molar-refractivity contribution is 0.0989. The maximum atomic E-state index is 13.6. The average Bonchev–Trinajstić information content (AvgIpc) is 2.42. The number of carbonyl (C=O) groups excluding carboxylic acids is 1. The van der Waals surface area contributed by atoms with Crippen LogP contribution in [0, 0.1) is 5.82 Å². The summed E-state index contributed by atoms with van der Waals surface area (Å²) in [6.45, 7) is 0. The summed E-state index contributed by atoms with van der Waals surface area (Å²) in [5, 5.41) is 0. The molecule has 0 spiro atoms. The van der Waals surface area contributed by atoms with Crippen molar-refractivity contribution in [3.05, 3.63) is 63.9 Å². The van der Waals surface area contributed by atoms with Crippen molar-refractivity contribution in [3.8, 4) is 5.75 Å². The van der Waals surface area contributed by atoms with Crippen LogP contribution in [0.5, 0.6) is 5.75 Å². The van der Waals surface area contributed by atoms with E-state index in [1.54, 1.807) is 37.4 Å². The monoisotopic (exact) mass is 322 g/mol. The van der Waals surface area contributed by atoms with E-state index in [0.29, 0.717) is 4.47 Å². The quantitative estimate of drug-likeness (QED) is 0.795. The second-order valence-corrected chi connectivity index (χ2v) is 4.99. The molecule has 0 saturated carbocycles. The van der Waals surface area contributed by atoms with Crippen LogP contribution in [0.2, 0.25) is 0 Å². The summed E-state index contributed by atoms with van der Waals surface area (Å²) in [5.74, 6) is -0.0180. The Morgan fingerprint density at radius 3 is 2.53 bits per heavy atom. The summed E-state index contributed by atoms with van der Waals surface area (Å²) in [5.41, 5.74) is 0.926. The predicted octanol–water partition coefficient (Wildman–Crippen LogP) is 4.02. The first kappa shape index (κ1) is 13.7. The maximum Gasteiger partial charge on any atom is 0.170 e. The number of ketones is 1. The van der Waals surface area contributed by atoms with Crippen LogP contribution >= 0.6 is 15.9 Å². The summed E-state index contributed by atoms with van der Waals surface area (Å²) in [6.07, 6.45) is 0.164. The third-order valence-corrected chi connectivity index (χ3v) is 3.25. The maximum absolute atomic E-state index is 13.6. The number of hydrogen-bond acceptors (Lipinski definition) is 2. The number of methoxy groups -OCH3 is 1. The van der Waals surface area contributed by atoms with E-state index in [-0.39, 0.29) is 17.8 Å². The molecule has 0 unspecified atom stereocenters. The molecule has 0 amide bonds. The molecule has 2 aromatic rings. The van der Waals surface area contributed by atoms with Crippen molar-refractivity contribution in [1.82, 2.24) is 0 Å². The number of Topliss-reactive ketones (excluding diaryl/α,β-unsaturated/α-hetero) is 1. The van der Waals surface area contributed by atoms with E-state index in [9.17, 15) is 9.18 Å². The van der Waals surface area contributed by atoms with Crippen LogP contribution in [0.1, 0.15) is 15.9 Å². The third kappa shape index (κ3) is 3.41. The fourth-order valence-electron chi connectivity index (χ4n) is 1.74. The second kappa shape index (κ2) is 5.97. The topological polar surface area (TPSA) is 26.3 Å². The largest absolute Gasteiger partial charge is 0.497 e. The Morgan fingerprint density at radius 1 is 1.21 bits per heavy atom. The molecule has 98 valence electrons. The van der Waals surface area contributed by atoms with Crippen LogP contribution in [-0.2, 0) is 6.42 Å². The summed E-state index contributed by atoms with van der Waals surface area (Å²) >= 11 is 3.23. The van der Waals surface area contributed by atoms with Gasteiger partial charge in [0, 0.05) is 10.9 Å². The summed E-state index contributed by atoms with van der Waals surface area (Å²) < 4.78 is 19.3. The Bertz CT molecular complexity index is 594. The molecule has 2 rings (SSSR count). The standard InChI is InChI=1S/C15H12BrFO2/c1-19-12-5-2-10(3-6-12)8-15(18)13-9-11(16)4-7-14(13)17/h2-7,9H,8H2,1H3. The van der Waals surface area contributed by atoms with Crippen molar-refractivity contribution >= 4 is 21.7 Å². The van der Waals surface area contributed by atoms with Gasteiger partial charge in [0.05, 0.1) is 12.7 Å². The van der Waals surface area contributed by atoms with Gasteiger partial charge in [-0.2, -0.15) is 0 Å². The lowest BCUT2D eigenvalue weighted by atomic mass is 10.0. The molecule has 0 aliphatic rings. The van der Waals surface area contributed by atoms with Gasteiger partial charge in [0.15, 0.2) is 5.78 Å². The van der Waals surface area contributed by atoms with Crippen molar-refractivity contribution < 1.29 is 13.9 Å². The normalized spacial score (nSPS) is 10.3. The SMILES string of the molecule is COc1ccc(CC(=O)c2cc(Br)ccc2F)cc1. The Morgan fingerprint density at radius 2 is 1.89 bits per heavy atom. The minimum absolute atomic E-state index is 0.102. The van der Waals surface area contributed by atoms with Gasteiger partial charge in [0.1, 0.15) is 11.6 Å². The molecule has 0 heterocycles. The predicted molar refractivity (Wildman–Crippen MR) is 75.1 cm³/mol. The van der Waals surface area contributed by atoms with Gasteiger partial charge in [-0.05, 0) is 35.9 Å². The Hall–Kier alpha value is -1.68. The molecule has 0 aliphatic heterocycles. The van der Waals surface area contributed by atoms with Crippen molar-refractivity contribution in [2.75, 3.05) is 7.11 Å². The first-order valence-corrected chi connectivity index (χ1v) is 6.50. The highest BCUT2D eigenvalue weighted by molar-refractivity contribution is 9.10. The molecule has 0 atom stereocenters. The fraction of sp³-hybridized carbons (Fsp3) is 0.133. The van der Waals surface area contributed by atoms with E-state index in [0.717, 1.165) is 11.3 Å². The number of rotatable bonds is 4. The smallest absolute Gasteiger partial charge is 0.170 e.